The van der Waals surface area contributed by atoms with Crippen LogP contribution in [0.4, 0.5) is 0 Å². The van der Waals surface area contributed by atoms with Gasteiger partial charge in [-0.05, 0) is 17.4 Å². The standard InChI is InChI=1S/C12H21N3/c1-8(2)7-15-6-5-9(14-15)10-11(13)12(10,3)4/h5-6,8,10-11H,7,13H2,1-4H3/t10-,11-/m0/s1. The Hall–Kier alpha value is -0.830. The van der Waals surface area contributed by atoms with E-state index in [1.165, 1.54) is 0 Å². The van der Waals surface area contributed by atoms with E-state index in [1.54, 1.807) is 0 Å². The van der Waals surface area contributed by atoms with Crippen LogP contribution in [0.15, 0.2) is 12.3 Å². The predicted octanol–water partition coefficient (Wildman–Crippen LogP) is 1.99. The predicted molar refractivity (Wildman–Crippen MR) is 61.6 cm³/mol. The van der Waals surface area contributed by atoms with Gasteiger partial charge in [0.2, 0.25) is 0 Å². The van der Waals surface area contributed by atoms with Crippen LogP contribution in [0.1, 0.15) is 39.3 Å². The summed E-state index contributed by atoms with van der Waals surface area (Å²) in [4.78, 5) is 0. The molecule has 1 aliphatic carbocycles. The van der Waals surface area contributed by atoms with Gasteiger partial charge in [0.1, 0.15) is 0 Å². The van der Waals surface area contributed by atoms with Crippen LogP contribution in [0.2, 0.25) is 0 Å². The zero-order chi connectivity index (χ0) is 11.2. The van der Waals surface area contributed by atoms with Crippen LogP contribution in [0.25, 0.3) is 0 Å². The Bertz CT molecular complexity index is 352. The molecule has 3 heteroatoms. The van der Waals surface area contributed by atoms with Gasteiger partial charge < -0.3 is 5.73 Å². The molecule has 0 aromatic carbocycles. The molecule has 0 amide bonds. The number of nitrogens with two attached hydrogens (primary N) is 1. The van der Waals surface area contributed by atoms with Crippen molar-refractivity contribution in [3.8, 4) is 0 Å². The number of rotatable bonds is 3. The molecule has 1 fully saturated rings. The average Bonchev–Trinajstić information content (AvgIpc) is 2.46. The van der Waals surface area contributed by atoms with Crippen LogP contribution in [-0.4, -0.2) is 15.8 Å². The van der Waals surface area contributed by atoms with E-state index in [-0.39, 0.29) is 11.5 Å². The highest BCUT2D eigenvalue weighted by Crippen LogP contribution is 2.56. The van der Waals surface area contributed by atoms with E-state index in [0.29, 0.717) is 11.8 Å². The van der Waals surface area contributed by atoms with Crippen LogP contribution in [0, 0.1) is 11.3 Å². The van der Waals surface area contributed by atoms with Crippen molar-refractivity contribution in [2.24, 2.45) is 17.1 Å². The molecular weight excluding hydrogens is 186 g/mol. The summed E-state index contributed by atoms with van der Waals surface area (Å²) in [7, 11) is 0. The summed E-state index contributed by atoms with van der Waals surface area (Å²) < 4.78 is 2.03. The Labute approximate surface area is 91.7 Å². The van der Waals surface area contributed by atoms with Gasteiger partial charge in [-0.1, -0.05) is 27.7 Å². The van der Waals surface area contributed by atoms with E-state index >= 15 is 0 Å². The van der Waals surface area contributed by atoms with Gasteiger partial charge in [-0.15, -0.1) is 0 Å². The monoisotopic (exact) mass is 207 g/mol. The minimum absolute atomic E-state index is 0.233. The Morgan fingerprint density at radius 3 is 2.60 bits per heavy atom. The van der Waals surface area contributed by atoms with Crippen LogP contribution in [0.5, 0.6) is 0 Å². The molecular formula is C12H21N3. The number of hydrogen-bond acceptors (Lipinski definition) is 2. The molecule has 1 aromatic rings. The molecule has 0 unspecified atom stereocenters. The van der Waals surface area contributed by atoms with Gasteiger partial charge in [0, 0.05) is 24.7 Å². The first-order valence-corrected chi connectivity index (χ1v) is 5.72. The SMILES string of the molecule is CC(C)Cn1ccc([C@H]2[C@H](N)C2(C)C)n1. The minimum atomic E-state index is 0.233. The third-order valence-electron chi connectivity index (χ3n) is 3.44. The lowest BCUT2D eigenvalue weighted by molar-refractivity contribution is 0.477. The Kier molecular flexibility index (Phi) is 2.38. The number of hydrogen-bond donors (Lipinski definition) is 1. The fourth-order valence-electron chi connectivity index (χ4n) is 2.26. The smallest absolute Gasteiger partial charge is 0.0677 e. The molecule has 3 nitrogen and oxygen atoms in total. The maximum Gasteiger partial charge on any atom is 0.0677 e. The lowest BCUT2D eigenvalue weighted by Crippen LogP contribution is -2.07. The molecule has 0 saturated heterocycles. The molecule has 1 heterocycles. The summed E-state index contributed by atoms with van der Waals surface area (Å²) in [6.45, 7) is 9.82. The molecule has 1 aliphatic rings. The first-order chi connectivity index (χ1) is 6.93. The summed E-state index contributed by atoms with van der Waals surface area (Å²) in [5, 5.41) is 4.60. The highest BCUT2D eigenvalue weighted by molar-refractivity contribution is 5.27. The first-order valence-electron chi connectivity index (χ1n) is 5.72. The van der Waals surface area contributed by atoms with Crippen molar-refractivity contribution >= 4 is 0 Å². The van der Waals surface area contributed by atoms with Crippen LogP contribution in [-0.2, 0) is 6.54 Å². The lowest BCUT2D eigenvalue weighted by Gasteiger charge is -2.04. The number of nitrogens with zero attached hydrogens (tertiary/aromatic N) is 2. The van der Waals surface area contributed by atoms with E-state index < -0.39 is 0 Å². The lowest BCUT2D eigenvalue weighted by atomic mass is 10.1. The van der Waals surface area contributed by atoms with E-state index in [0.717, 1.165) is 12.2 Å². The van der Waals surface area contributed by atoms with Crippen molar-refractivity contribution in [3.63, 3.8) is 0 Å². The van der Waals surface area contributed by atoms with Crippen molar-refractivity contribution in [1.29, 1.82) is 0 Å². The van der Waals surface area contributed by atoms with E-state index in [1.807, 2.05) is 4.68 Å². The van der Waals surface area contributed by atoms with Gasteiger partial charge in [0.15, 0.2) is 0 Å². The third-order valence-corrected chi connectivity index (χ3v) is 3.44. The molecule has 0 radical (unpaired) electrons. The maximum absolute atomic E-state index is 6.04. The van der Waals surface area contributed by atoms with E-state index in [4.69, 9.17) is 5.73 Å². The van der Waals surface area contributed by atoms with Gasteiger partial charge in [0.25, 0.3) is 0 Å². The molecule has 2 N–H and O–H groups in total. The van der Waals surface area contributed by atoms with E-state index in [2.05, 4.69) is 45.1 Å². The molecule has 1 aromatic heterocycles. The fourth-order valence-corrected chi connectivity index (χ4v) is 2.26. The Morgan fingerprint density at radius 2 is 2.13 bits per heavy atom. The third kappa shape index (κ3) is 1.81. The highest BCUT2D eigenvalue weighted by Gasteiger charge is 2.57. The van der Waals surface area contributed by atoms with Crippen LogP contribution < -0.4 is 5.73 Å². The van der Waals surface area contributed by atoms with E-state index in [9.17, 15) is 0 Å². The molecule has 0 spiro atoms. The largest absolute Gasteiger partial charge is 0.327 e. The van der Waals surface area contributed by atoms with Crippen molar-refractivity contribution in [2.45, 2.75) is 46.2 Å². The molecule has 84 valence electrons. The van der Waals surface area contributed by atoms with Gasteiger partial charge in [-0.25, -0.2) is 0 Å². The van der Waals surface area contributed by atoms with Crippen molar-refractivity contribution in [1.82, 2.24) is 9.78 Å². The summed E-state index contributed by atoms with van der Waals surface area (Å²) in [6, 6.07) is 2.39. The first kappa shape index (κ1) is 10.7. The highest BCUT2D eigenvalue weighted by atomic mass is 15.3. The van der Waals surface area contributed by atoms with Crippen molar-refractivity contribution < 1.29 is 0 Å². The van der Waals surface area contributed by atoms with Gasteiger partial charge in [-0.2, -0.15) is 5.10 Å². The minimum Gasteiger partial charge on any atom is -0.327 e. The molecule has 2 rings (SSSR count). The van der Waals surface area contributed by atoms with Crippen LogP contribution >= 0.6 is 0 Å². The molecule has 0 aliphatic heterocycles. The van der Waals surface area contributed by atoms with Crippen molar-refractivity contribution in [3.05, 3.63) is 18.0 Å². The van der Waals surface area contributed by atoms with Crippen LogP contribution in [0.3, 0.4) is 0 Å². The summed E-state index contributed by atoms with van der Waals surface area (Å²) in [5.74, 6) is 1.09. The second-order valence-electron chi connectivity index (χ2n) is 5.68. The van der Waals surface area contributed by atoms with Crippen molar-refractivity contribution in [2.75, 3.05) is 0 Å². The fraction of sp³-hybridized carbons (Fsp3) is 0.750. The topological polar surface area (TPSA) is 43.8 Å². The molecule has 15 heavy (non-hydrogen) atoms. The zero-order valence-electron chi connectivity index (χ0n) is 10.1. The summed E-state index contributed by atoms with van der Waals surface area (Å²) >= 11 is 0. The molecule has 0 bridgehead atoms. The molecule has 2 atom stereocenters. The zero-order valence-corrected chi connectivity index (χ0v) is 10.1. The van der Waals surface area contributed by atoms with Gasteiger partial charge in [0.05, 0.1) is 5.69 Å². The molecule has 1 saturated carbocycles. The maximum atomic E-state index is 6.04. The second kappa shape index (κ2) is 3.34. The Morgan fingerprint density at radius 1 is 1.53 bits per heavy atom. The normalized spacial score (nSPS) is 28.4. The quantitative estimate of drug-likeness (QED) is 0.823. The summed E-state index contributed by atoms with van der Waals surface area (Å²) in [5.41, 5.74) is 7.43. The second-order valence-corrected chi connectivity index (χ2v) is 5.68. The average molecular weight is 207 g/mol. The van der Waals surface area contributed by atoms with Gasteiger partial charge in [-0.3, -0.25) is 4.68 Å². The summed E-state index contributed by atoms with van der Waals surface area (Å²) in [6.07, 6.45) is 2.07. The van der Waals surface area contributed by atoms with Gasteiger partial charge >= 0.3 is 0 Å². The number of aromatic nitrogens is 2. The Balaban J connectivity index is 2.09.